The zero-order valence-electron chi connectivity index (χ0n) is 21.5. The second-order valence-corrected chi connectivity index (χ2v) is 10.6. The molecule has 206 valence electrons. The van der Waals surface area contributed by atoms with Crippen molar-refractivity contribution in [1.82, 2.24) is 19.5 Å². The number of anilines is 2. The van der Waals surface area contributed by atoms with Crippen molar-refractivity contribution in [3.05, 3.63) is 89.2 Å². The topological polar surface area (TPSA) is 126 Å². The van der Waals surface area contributed by atoms with Crippen molar-refractivity contribution in [3.8, 4) is 0 Å². The molecule has 10 nitrogen and oxygen atoms in total. The summed E-state index contributed by atoms with van der Waals surface area (Å²) >= 11 is 6.35. The summed E-state index contributed by atoms with van der Waals surface area (Å²) in [5.74, 6) is 0.410. The summed E-state index contributed by atoms with van der Waals surface area (Å²) in [5, 5.41) is 8.24. The van der Waals surface area contributed by atoms with Gasteiger partial charge in [-0.15, -0.1) is 0 Å². The Kier molecular flexibility index (Phi) is 8.51. The van der Waals surface area contributed by atoms with E-state index in [0.717, 1.165) is 25.7 Å². The number of nitrogens with one attached hydrogen (secondary N) is 1. The van der Waals surface area contributed by atoms with E-state index in [0.29, 0.717) is 46.7 Å². The van der Waals surface area contributed by atoms with Gasteiger partial charge < -0.3 is 10.2 Å². The van der Waals surface area contributed by atoms with Crippen molar-refractivity contribution >= 4 is 51.1 Å². The van der Waals surface area contributed by atoms with Crippen LogP contribution in [0.1, 0.15) is 47.5 Å². The van der Waals surface area contributed by atoms with Crippen LogP contribution in [0.4, 0.5) is 11.5 Å². The number of fused-ring (bicyclic) bond motifs is 1. The monoisotopic (exact) mass is 578 g/mol. The molecule has 0 atom stereocenters. The number of amides is 2. The van der Waals surface area contributed by atoms with Crippen LogP contribution in [0, 0.1) is 5.92 Å². The lowest BCUT2D eigenvalue weighted by Gasteiger charge is -2.32. The molecule has 1 aliphatic heterocycles. The maximum absolute atomic E-state index is 13.5. The third kappa shape index (κ3) is 6.54. The summed E-state index contributed by atoms with van der Waals surface area (Å²) in [4.78, 5) is 30.3. The number of nitrogens with zero attached hydrogens (tertiary/aromatic N) is 5. The van der Waals surface area contributed by atoms with Crippen LogP contribution in [-0.2, 0) is 15.3 Å². The van der Waals surface area contributed by atoms with Crippen molar-refractivity contribution in [1.29, 1.82) is 0 Å². The lowest BCUT2D eigenvalue weighted by molar-refractivity contribution is -0.118. The summed E-state index contributed by atoms with van der Waals surface area (Å²) < 4.78 is 24.0. The highest BCUT2D eigenvalue weighted by Crippen LogP contribution is 2.31. The van der Waals surface area contributed by atoms with Gasteiger partial charge in [-0.05, 0) is 49.3 Å². The van der Waals surface area contributed by atoms with Gasteiger partial charge >= 0.3 is 10.5 Å². The molecule has 40 heavy (non-hydrogen) atoms. The Morgan fingerprint density at radius 3 is 2.33 bits per heavy atom. The molecule has 2 aliphatic rings. The molecule has 1 N–H and O–H groups in total. The van der Waals surface area contributed by atoms with E-state index in [1.165, 1.54) is 5.56 Å². The molecule has 0 spiro atoms. The number of carbonyl (C=O) groups is 2. The van der Waals surface area contributed by atoms with Crippen molar-refractivity contribution in [3.63, 3.8) is 0 Å². The van der Waals surface area contributed by atoms with Crippen LogP contribution in [0.5, 0.6) is 0 Å². The first-order chi connectivity index (χ1) is 19.4. The maximum atomic E-state index is 13.5. The number of para-hydroxylation sites is 1. The number of hydrogen-bond acceptors (Lipinski definition) is 7. The van der Waals surface area contributed by atoms with Gasteiger partial charge in [-0.2, -0.15) is 18.0 Å². The lowest BCUT2D eigenvalue weighted by Crippen LogP contribution is -2.38. The Hall–Kier alpha value is -4.09. The van der Waals surface area contributed by atoms with E-state index >= 15 is 0 Å². The molecule has 2 fully saturated rings. The van der Waals surface area contributed by atoms with Crippen LogP contribution in [0.15, 0.2) is 77.4 Å². The number of carbonyl (C=O) groups excluding carboxylic acids is 2. The number of halogens is 1. The Balaban J connectivity index is 0.000000306. The summed E-state index contributed by atoms with van der Waals surface area (Å²) in [6.45, 7) is 1.42. The largest absolute Gasteiger partial charge is 0.338 e. The minimum atomic E-state index is -2.55. The molecule has 1 saturated carbocycles. The van der Waals surface area contributed by atoms with Gasteiger partial charge in [0, 0.05) is 31.3 Å². The summed E-state index contributed by atoms with van der Waals surface area (Å²) in [5.41, 5.74) is 3.20. The van der Waals surface area contributed by atoms with Gasteiger partial charge in [-0.1, -0.05) is 58.4 Å². The standard InChI is InChI=1S/C24H22ClN5O.C4H5NO3S/c25-20-8-4-5-9-21(20)28-23-19(16-26-22-10-13-27-30(22)23)24(31)29-14-11-18(12-15-29)17-6-2-1-3-7-17;6-4(3-1-2-3)5-9(7)8/h1-10,13,16,18,28H,11-12,14-15H2;3H,1-2H2. The molecular formula is C28H27ClN6O4S. The van der Waals surface area contributed by atoms with Gasteiger partial charge in [0.25, 0.3) is 11.8 Å². The number of hydrogen-bond donors (Lipinski definition) is 1. The molecular weight excluding hydrogens is 552 g/mol. The van der Waals surface area contributed by atoms with E-state index in [1.807, 2.05) is 29.2 Å². The minimum Gasteiger partial charge on any atom is -0.338 e. The molecule has 2 amide bonds. The minimum absolute atomic E-state index is 0.0500. The molecule has 0 bridgehead atoms. The fourth-order valence-corrected chi connectivity index (χ4v) is 5.11. The Morgan fingerprint density at radius 2 is 1.65 bits per heavy atom. The van der Waals surface area contributed by atoms with Gasteiger partial charge in [-0.25, -0.2) is 4.98 Å². The summed E-state index contributed by atoms with van der Waals surface area (Å²) in [6, 6.07) is 19.8. The van der Waals surface area contributed by atoms with Crippen LogP contribution in [0.25, 0.3) is 5.65 Å². The molecule has 2 aromatic carbocycles. The van der Waals surface area contributed by atoms with Gasteiger partial charge in [0.2, 0.25) is 0 Å². The van der Waals surface area contributed by atoms with Gasteiger partial charge in [0.05, 0.1) is 16.9 Å². The van der Waals surface area contributed by atoms with Crippen molar-refractivity contribution in [2.75, 3.05) is 18.4 Å². The first-order valence-corrected chi connectivity index (χ1v) is 14.3. The second kappa shape index (κ2) is 12.4. The predicted molar refractivity (Wildman–Crippen MR) is 151 cm³/mol. The average Bonchev–Trinajstić information content (AvgIpc) is 3.72. The van der Waals surface area contributed by atoms with Crippen LogP contribution in [-0.4, -0.2) is 52.8 Å². The number of piperidine rings is 1. The Labute approximate surface area is 237 Å². The summed E-state index contributed by atoms with van der Waals surface area (Å²) in [6.07, 6.45) is 6.77. The van der Waals surface area contributed by atoms with E-state index in [9.17, 15) is 18.0 Å². The molecule has 2 aromatic heterocycles. The van der Waals surface area contributed by atoms with Gasteiger partial charge in [0.15, 0.2) is 5.65 Å². The number of rotatable bonds is 5. The number of likely N-dealkylation sites (tertiary alicyclic amines) is 1. The normalized spacial score (nSPS) is 15.2. The smallest absolute Gasteiger partial charge is 0.319 e. The van der Waals surface area contributed by atoms with Gasteiger partial charge in [-0.3, -0.25) is 9.59 Å². The molecule has 1 aliphatic carbocycles. The van der Waals surface area contributed by atoms with E-state index in [-0.39, 0.29) is 11.8 Å². The van der Waals surface area contributed by atoms with E-state index in [1.54, 1.807) is 29.0 Å². The molecule has 6 rings (SSSR count). The fourth-order valence-electron chi connectivity index (χ4n) is 4.63. The Morgan fingerprint density at radius 1 is 0.950 bits per heavy atom. The molecule has 1 saturated heterocycles. The first kappa shape index (κ1) is 27.5. The van der Waals surface area contributed by atoms with Crippen molar-refractivity contribution in [2.45, 2.75) is 31.6 Å². The van der Waals surface area contributed by atoms with Crippen molar-refractivity contribution in [2.24, 2.45) is 10.3 Å². The van der Waals surface area contributed by atoms with Crippen LogP contribution >= 0.6 is 11.6 Å². The zero-order valence-corrected chi connectivity index (χ0v) is 23.1. The van der Waals surface area contributed by atoms with Crippen LogP contribution in [0.2, 0.25) is 5.02 Å². The SMILES string of the molecule is O=C(N=S(=O)=O)C1CC1.O=C(c1cnc2ccnn2c1Nc1ccccc1Cl)N1CCC(c2ccccc2)CC1. The molecule has 12 heteroatoms. The average molecular weight is 579 g/mol. The van der Waals surface area contributed by atoms with E-state index in [4.69, 9.17) is 11.6 Å². The van der Waals surface area contributed by atoms with Crippen LogP contribution in [0.3, 0.4) is 0 Å². The maximum Gasteiger partial charge on any atom is 0.319 e. The number of benzene rings is 2. The third-order valence-corrected chi connectivity index (χ3v) is 7.58. The molecule has 0 unspecified atom stereocenters. The molecule has 0 radical (unpaired) electrons. The summed E-state index contributed by atoms with van der Waals surface area (Å²) in [7, 11) is -2.55. The highest BCUT2D eigenvalue weighted by Gasteiger charge is 2.30. The van der Waals surface area contributed by atoms with E-state index < -0.39 is 16.4 Å². The third-order valence-electron chi connectivity index (χ3n) is 6.92. The highest BCUT2D eigenvalue weighted by atomic mass is 35.5. The Bertz CT molecular complexity index is 1650. The van der Waals surface area contributed by atoms with Crippen LogP contribution < -0.4 is 5.32 Å². The zero-order chi connectivity index (χ0) is 28.1. The van der Waals surface area contributed by atoms with Gasteiger partial charge in [0.1, 0.15) is 11.4 Å². The highest BCUT2D eigenvalue weighted by molar-refractivity contribution is 7.62. The van der Waals surface area contributed by atoms with E-state index in [2.05, 4.69) is 44.0 Å². The second-order valence-electron chi connectivity index (χ2n) is 9.62. The molecule has 3 heterocycles. The molecule has 4 aromatic rings. The fraction of sp³-hybridized carbons (Fsp3) is 0.286. The quantitative estimate of drug-likeness (QED) is 0.348. The first-order valence-electron chi connectivity index (χ1n) is 12.9. The number of aromatic nitrogens is 3. The van der Waals surface area contributed by atoms with Crippen molar-refractivity contribution < 1.29 is 18.0 Å². The predicted octanol–water partition coefficient (Wildman–Crippen LogP) is 5.13. The lowest BCUT2D eigenvalue weighted by atomic mass is 9.89.